The molecule has 0 aliphatic heterocycles. The van der Waals surface area contributed by atoms with Gasteiger partial charge in [0.05, 0.1) is 17.0 Å². The summed E-state index contributed by atoms with van der Waals surface area (Å²) >= 11 is 1.29. The number of rotatable bonds is 4. The van der Waals surface area contributed by atoms with Gasteiger partial charge in [0.15, 0.2) is 0 Å². The van der Waals surface area contributed by atoms with E-state index in [1.165, 1.54) is 30.2 Å². The van der Waals surface area contributed by atoms with Crippen LogP contribution in [0.1, 0.15) is 5.56 Å². The lowest BCUT2D eigenvalue weighted by Gasteiger charge is -2.06. The summed E-state index contributed by atoms with van der Waals surface area (Å²) in [5.74, 6) is -0.630. The highest BCUT2D eigenvalue weighted by molar-refractivity contribution is 8.00. The number of aryl methyl sites for hydroxylation is 1. The zero-order valence-corrected chi connectivity index (χ0v) is 14.7. The highest BCUT2D eigenvalue weighted by Gasteiger charge is 2.13. The Morgan fingerprint density at radius 2 is 2.08 bits per heavy atom. The fraction of sp³-hybridized carbons (Fsp3) is 0.105. The van der Waals surface area contributed by atoms with E-state index < -0.39 is 5.82 Å². The predicted octanol–water partition coefficient (Wildman–Crippen LogP) is 4.29. The van der Waals surface area contributed by atoms with Crippen molar-refractivity contribution >= 4 is 45.3 Å². The summed E-state index contributed by atoms with van der Waals surface area (Å²) in [4.78, 5) is 24.1. The highest BCUT2D eigenvalue weighted by atomic mass is 32.2. The number of benzene rings is 2. The SMILES string of the molecule is Cc1ccc2[nH]c3c(SCC(=O)Nc4ccccc4F)ncnc3c2c1. The van der Waals surface area contributed by atoms with Crippen LogP contribution < -0.4 is 5.32 Å². The molecule has 0 spiro atoms. The minimum atomic E-state index is -0.457. The standard InChI is InChI=1S/C19H15FN4OS/c1-11-6-7-14-12(8-11)17-18(24-14)19(22-10-21-17)26-9-16(25)23-15-5-3-2-4-13(15)20/h2-8,10,24H,9H2,1H3,(H,23,25). The first kappa shape index (κ1) is 16.5. The van der Waals surface area contributed by atoms with Crippen molar-refractivity contribution in [3.05, 3.63) is 60.2 Å². The molecule has 0 radical (unpaired) electrons. The van der Waals surface area contributed by atoms with Crippen LogP contribution in [0.4, 0.5) is 10.1 Å². The Kier molecular flexibility index (Phi) is 4.30. The van der Waals surface area contributed by atoms with Crippen LogP contribution in [-0.2, 0) is 4.79 Å². The second kappa shape index (κ2) is 6.76. The second-order valence-electron chi connectivity index (χ2n) is 5.89. The van der Waals surface area contributed by atoms with Crippen LogP contribution in [0.25, 0.3) is 21.9 Å². The fourth-order valence-electron chi connectivity index (χ4n) is 2.78. The molecule has 0 saturated heterocycles. The molecule has 7 heteroatoms. The minimum absolute atomic E-state index is 0.120. The van der Waals surface area contributed by atoms with Crippen LogP contribution in [-0.4, -0.2) is 26.6 Å². The van der Waals surface area contributed by atoms with E-state index in [-0.39, 0.29) is 17.3 Å². The molecule has 0 aliphatic rings. The van der Waals surface area contributed by atoms with Gasteiger partial charge in [-0.15, -0.1) is 0 Å². The molecule has 0 unspecified atom stereocenters. The first-order chi connectivity index (χ1) is 12.6. The lowest BCUT2D eigenvalue weighted by Crippen LogP contribution is -2.15. The van der Waals surface area contributed by atoms with Gasteiger partial charge >= 0.3 is 0 Å². The van der Waals surface area contributed by atoms with Gasteiger partial charge in [0.1, 0.15) is 22.7 Å². The molecular weight excluding hydrogens is 351 g/mol. The average Bonchev–Trinajstić information content (AvgIpc) is 3.00. The smallest absolute Gasteiger partial charge is 0.234 e. The summed E-state index contributed by atoms with van der Waals surface area (Å²) in [6, 6.07) is 12.2. The number of carbonyl (C=O) groups excluding carboxylic acids is 1. The number of hydrogen-bond acceptors (Lipinski definition) is 4. The number of nitrogens with zero attached hydrogens (tertiary/aromatic N) is 2. The Balaban J connectivity index is 1.57. The Labute approximate surface area is 153 Å². The molecule has 0 atom stereocenters. The van der Waals surface area contributed by atoms with Crippen molar-refractivity contribution in [2.24, 2.45) is 0 Å². The molecule has 1 amide bonds. The van der Waals surface area contributed by atoms with Crippen molar-refractivity contribution in [2.45, 2.75) is 11.9 Å². The van der Waals surface area contributed by atoms with Crippen molar-refractivity contribution in [2.75, 3.05) is 11.1 Å². The number of H-pyrrole nitrogens is 1. The Hall–Kier alpha value is -2.93. The van der Waals surface area contributed by atoms with Crippen molar-refractivity contribution in [1.29, 1.82) is 0 Å². The van der Waals surface area contributed by atoms with Crippen molar-refractivity contribution in [3.8, 4) is 0 Å². The van der Waals surface area contributed by atoms with E-state index in [9.17, 15) is 9.18 Å². The molecule has 0 saturated carbocycles. The summed E-state index contributed by atoms with van der Waals surface area (Å²) in [5, 5.41) is 4.29. The topological polar surface area (TPSA) is 70.7 Å². The third kappa shape index (κ3) is 3.13. The van der Waals surface area contributed by atoms with Gasteiger partial charge < -0.3 is 10.3 Å². The van der Waals surface area contributed by atoms with Gasteiger partial charge in [0.2, 0.25) is 5.91 Å². The fourth-order valence-corrected chi connectivity index (χ4v) is 3.53. The third-order valence-electron chi connectivity index (χ3n) is 3.99. The number of aromatic nitrogens is 3. The molecule has 0 fully saturated rings. The monoisotopic (exact) mass is 366 g/mol. The molecule has 26 heavy (non-hydrogen) atoms. The van der Waals surface area contributed by atoms with E-state index in [2.05, 4.69) is 26.3 Å². The number of nitrogens with one attached hydrogen (secondary N) is 2. The molecule has 2 heterocycles. The predicted molar refractivity (Wildman–Crippen MR) is 102 cm³/mol. The molecular formula is C19H15FN4OS. The summed E-state index contributed by atoms with van der Waals surface area (Å²) in [7, 11) is 0. The molecule has 0 aliphatic carbocycles. The number of hydrogen-bond donors (Lipinski definition) is 2. The number of amides is 1. The lowest BCUT2D eigenvalue weighted by atomic mass is 10.2. The van der Waals surface area contributed by atoms with Gasteiger partial charge in [-0.1, -0.05) is 35.5 Å². The lowest BCUT2D eigenvalue weighted by molar-refractivity contribution is -0.113. The Bertz CT molecular complexity index is 1130. The van der Waals surface area contributed by atoms with Gasteiger partial charge in [0.25, 0.3) is 0 Å². The van der Waals surface area contributed by atoms with Crippen molar-refractivity contribution in [3.63, 3.8) is 0 Å². The van der Waals surface area contributed by atoms with Crippen LogP contribution in [0.2, 0.25) is 0 Å². The second-order valence-corrected chi connectivity index (χ2v) is 6.86. The number of para-hydroxylation sites is 1. The first-order valence-corrected chi connectivity index (χ1v) is 9.00. The number of anilines is 1. The number of fused-ring (bicyclic) bond motifs is 3. The van der Waals surface area contributed by atoms with Crippen LogP contribution in [0.5, 0.6) is 0 Å². The Morgan fingerprint density at radius 3 is 2.92 bits per heavy atom. The van der Waals surface area contributed by atoms with E-state index in [1.54, 1.807) is 12.1 Å². The van der Waals surface area contributed by atoms with E-state index >= 15 is 0 Å². The molecule has 2 aromatic carbocycles. The van der Waals surface area contributed by atoms with Crippen LogP contribution in [0, 0.1) is 12.7 Å². The van der Waals surface area contributed by atoms with Gasteiger partial charge in [0, 0.05) is 10.9 Å². The van der Waals surface area contributed by atoms with Gasteiger partial charge in [-0.25, -0.2) is 14.4 Å². The van der Waals surface area contributed by atoms with E-state index in [4.69, 9.17) is 0 Å². The summed E-state index contributed by atoms with van der Waals surface area (Å²) < 4.78 is 13.6. The number of aromatic amines is 1. The number of halogens is 1. The maximum atomic E-state index is 13.6. The molecule has 5 nitrogen and oxygen atoms in total. The molecule has 4 rings (SSSR count). The quantitative estimate of drug-likeness (QED) is 0.417. The maximum Gasteiger partial charge on any atom is 0.234 e. The number of carbonyl (C=O) groups is 1. The van der Waals surface area contributed by atoms with E-state index in [1.807, 2.05) is 19.1 Å². The number of thioether (sulfide) groups is 1. The normalized spacial score (nSPS) is 11.2. The highest BCUT2D eigenvalue weighted by Crippen LogP contribution is 2.30. The third-order valence-corrected chi connectivity index (χ3v) is 4.98. The Morgan fingerprint density at radius 1 is 1.23 bits per heavy atom. The molecule has 130 valence electrons. The maximum absolute atomic E-state index is 13.6. The molecule has 4 aromatic rings. The summed E-state index contributed by atoms with van der Waals surface area (Å²) in [6.07, 6.45) is 1.50. The average molecular weight is 366 g/mol. The van der Waals surface area contributed by atoms with Crippen LogP contribution in [0.3, 0.4) is 0 Å². The van der Waals surface area contributed by atoms with Crippen molar-refractivity contribution < 1.29 is 9.18 Å². The van der Waals surface area contributed by atoms with Gasteiger partial charge in [-0.05, 0) is 31.2 Å². The zero-order chi connectivity index (χ0) is 18.1. The molecule has 2 N–H and O–H groups in total. The van der Waals surface area contributed by atoms with E-state index in [0.29, 0.717) is 5.03 Å². The first-order valence-electron chi connectivity index (χ1n) is 8.02. The van der Waals surface area contributed by atoms with Gasteiger partial charge in [-0.3, -0.25) is 4.79 Å². The zero-order valence-electron chi connectivity index (χ0n) is 13.9. The largest absolute Gasteiger partial charge is 0.351 e. The summed E-state index contributed by atoms with van der Waals surface area (Å²) in [6.45, 7) is 2.03. The van der Waals surface area contributed by atoms with E-state index in [0.717, 1.165) is 27.5 Å². The van der Waals surface area contributed by atoms with Gasteiger partial charge in [-0.2, -0.15) is 0 Å². The minimum Gasteiger partial charge on any atom is -0.351 e. The molecule has 0 bridgehead atoms. The molecule has 2 aromatic heterocycles. The van der Waals surface area contributed by atoms with Crippen molar-refractivity contribution in [1.82, 2.24) is 15.0 Å². The van der Waals surface area contributed by atoms with Crippen LogP contribution >= 0.6 is 11.8 Å². The van der Waals surface area contributed by atoms with Crippen LogP contribution in [0.15, 0.2) is 53.8 Å². The summed E-state index contributed by atoms with van der Waals surface area (Å²) in [5.41, 5.74) is 3.93.